The van der Waals surface area contributed by atoms with Crippen LogP contribution in [0.4, 0.5) is 11.4 Å². The zero-order valence-corrected chi connectivity index (χ0v) is 38.0. The largest absolute Gasteiger partial charge is 0.495 e. The van der Waals surface area contributed by atoms with E-state index in [0.717, 1.165) is 11.0 Å². The number of para-hydroxylation sites is 2. The van der Waals surface area contributed by atoms with Crippen molar-refractivity contribution in [1.29, 1.82) is 0 Å². The van der Waals surface area contributed by atoms with Crippen molar-refractivity contribution >= 4 is 97.7 Å². The van der Waals surface area contributed by atoms with Crippen LogP contribution in [0, 0.1) is 20.2 Å². The maximum Gasteiger partial charge on any atom is 0.495 e. The lowest BCUT2D eigenvalue weighted by Crippen LogP contribution is -2.31. The molecule has 65 heavy (non-hydrogen) atoms. The van der Waals surface area contributed by atoms with E-state index < -0.39 is 24.9 Å². The van der Waals surface area contributed by atoms with Crippen LogP contribution in [-0.4, -0.2) is 42.0 Å². The Kier molecular flexibility index (Phi) is 21.1. The van der Waals surface area contributed by atoms with E-state index in [-0.39, 0.29) is 31.7 Å². The van der Waals surface area contributed by atoms with Crippen molar-refractivity contribution in [2.45, 2.75) is 21.3 Å². The standard InChI is InChI=1S/C18H15P.C10H7NS.C9H6N2O2S.C6H6BNO4.C3H2BrNS.2CH4/c1-4-10-16(11-5-1)19(17-12-6-2-7-13-17)18-14-8-3-9-15-18;1-2-4-8-7(3-1)5-9-10(8)11-6-12-9;12-11(13)9-4-2-1-3-7(9)8-5-14-6-10-8;9-7(10)5-3-1-2-4-6(5)8(11)12;4-3-1-6-2-5-3;;/h1-15H;1-4,6H,5H2;1-6H;1-4,9-10H;1-2H;2*1H4. The highest BCUT2D eigenvalue weighted by Gasteiger charge is 2.22. The molecule has 1 aliphatic rings. The van der Waals surface area contributed by atoms with E-state index in [2.05, 4.69) is 146 Å². The lowest BCUT2D eigenvalue weighted by atomic mass is 9.79. The van der Waals surface area contributed by atoms with Crippen molar-refractivity contribution in [3.8, 4) is 22.5 Å². The highest BCUT2D eigenvalue weighted by atomic mass is 79.9. The smallest absolute Gasteiger partial charge is 0.423 e. The predicted molar refractivity (Wildman–Crippen MR) is 276 cm³/mol. The van der Waals surface area contributed by atoms with Gasteiger partial charge in [0.25, 0.3) is 11.4 Å². The van der Waals surface area contributed by atoms with Gasteiger partial charge in [0.2, 0.25) is 0 Å². The minimum absolute atomic E-state index is 0. The lowest BCUT2D eigenvalue weighted by molar-refractivity contribution is -0.384. The molecule has 0 unspecified atom stereocenters. The van der Waals surface area contributed by atoms with E-state index in [1.807, 2.05) is 10.9 Å². The maximum absolute atomic E-state index is 10.7. The van der Waals surface area contributed by atoms with Crippen LogP contribution in [0.3, 0.4) is 0 Å². The van der Waals surface area contributed by atoms with Crippen molar-refractivity contribution in [1.82, 2.24) is 15.0 Å². The van der Waals surface area contributed by atoms with Crippen LogP contribution in [-0.2, 0) is 6.42 Å². The number of aromatic nitrogens is 3. The highest BCUT2D eigenvalue weighted by molar-refractivity contribution is 9.10. The first-order valence-corrected chi connectivity index (χ1v) is 23.8. The van der Waals surface area contributed by atoms with E-state index >= 15 is 0 Å². The Morgan fingerprint density at radius 1 is 0.569 bits per heavy atom. The molecule has 0 amide bonds. The fourth-order valence-electron chi connectivity index (χ4n) is 6.14. The first-order chi connectivity index (χ1) is 30.7. The van der Waals surface area contributed by atoms with Gasteiger partial charge in [0.15, 0.2) is 0 Å². The van der Waals surface area contributed by atoms with E-state index in [1.54, 1.807) is 57.3 Å². The molecule has 6 aromatic carbocycles. The predicted octanol–water partition coefficient (Wildman–Crippen LogP) is 11.3. The molecule has 11 nitrogen and oxygen atoms in total. The van der Waals surface area contributed by atoms with Crippen LogP contribution in [0.15, 0.2) is 196 Å². The quantitative estimate of drug-likeness (QED) is 0.0684. The molecule has 0 spiro atoms. The summed E-state index contributed by atoms with van der Waals surface area (Å²) >= 11 is 7.94. The summed E-state index contributed by atoms with van der Waals surface area (Å²) in [6, 6.07) is 52.9. The molecular formula is C48H44BBrN5O6PS3. The first kappa shape index (κ1) is 51.5. The second-order valence-electron chi connectivity index (χ2n) is 12.9. The Balaban J connectivity index is 0.000000183. The summed E-state index contributed by atoms with van der Waals surface area (Å²) in [6.07, 6.45) is 1.08. The van der Waals surface area contributed by atoms with E-state index in [9.17, 15) is 20.2 Å². The van der Waals surface area contributed by atoms with Gasteiger partial charge in [0, 0.05) is 39.8 Å². The summed E-state index contributed by atoms with van der Waals surface area (Å²) in [6.45, 7) is 0. The third-order valence-corrected chi connectivity index (χ3v) is 14.1. The molecule has 0 fully saturated rings. The Morgan fingerprint density at radius 2 is 1.05 bits per heavy atom. The van der Waals surface area contributed by atoms with E-state index in [1.165, 1.54) is 79.3 Å². The number of halogens is 1. The fraction of sp³-hybridized carbons (Fsp3) is 0.0625. The first-order valence-electron chi connectivity index (χ1n) is 18.9. The summed E-state index contributed by atoms with van der Waals surface area (Å²) < 4.78 is 0.924. The molecule has 3 heterocycles. The molecule has 17 heteroatoms. The zero-order valence-electron chi connectivity index (χ0n) is 33.1. The van der Waals surface area contributed by atoms with Crippen LogP contribution in [0.25, 0.3) is 22.5 Å². The Bertz CT molecular complexity index is 2700. The highest BCUT2D eigenvalue weighted by Crippen LogP contribution is 2.37. The molecule has 0 saturated carbocycles. The van der Waals surface area contributed by atoms with Crippen LogP contribution < -0.4 is 21.4 Å². The molecule has 3 aromatic heterocycles. The summed E-state index contributed by atoms with van der Waals surface area (Å²) in [4.78, 5) is 33.6. The normalized spacial score (nSPS) is 10.2. The van der Waals surface area contributed by atoms with Gasteiger partial charge >= 0.3 is 7.12 Å². The van der Waals surface area contributed by atoms with Gasteiger partial charge in [-0.3, -0.25) is 20.2 Å². The van der Waals surface area contributed by atoms with Gasteiger partial charge < -0.3 is 10.0 Å². The molecule has 0 radical (unpaired) electrons. The van der Waals surface area contributed by atoms with Crippen molar-refractivity contribution in [2.75, 3.05) is 0 Å². The summed E-state index contributed by atoms with van der Waals surface area (Å²) in [5.41, 5.74) is 10.3. The van der Waals surface area contributed by atoms with E-state index in [0.29, 0.717) is 11.3 Å². The maximum atomic E-state index is 10.7. The number of hydrogen-bond donors (Lipinski definition) is 2. The third kappa shape index (κ3) is 14.7. The molecule has 0 atom stereocenters. The van der Waals surface area contributed by atoms with Gasteiger partial charge in [-0.15, -0.1) is 34.0 Å². The van der Waals surface area contributed by atoms with Crippen molar-refractivity contribution < 1.29 is 19.9 Å². The fourth-order valence-corrected chi connectivity index (χ4v) is 10.8. The van der Waals surface area contributed by atoms with Gasteiger partial charge in [-0.1, -0.05) is 160 Å². The minimum Gasteiger partial charge on any atom is -0.423 e. The van der Waals surface area contributed by atoms with Crippen molar-refractivity contribution in [3.05, 3.63) is 226 Å². The van der Waals surface area contributed by atoms with Crippen LogP contribution >= 0.6 is 57.9 Å². The Labute approximate surface area is 400 Å². The molecule has 2 N–H and O–H groups in total. The topological polar surface area (TPSA) is 165 Å². The van der Waals surface area contributed by atoms with Gasteiger partial charge in [-0.2, -0.15) is 0 Å². The summed E-state index contributed by atoms with van der Waals surface area (Å²) in [5.74, 6) is 0. The number of rotatable bonds is 7. The molecule has 0 bridgehead atoms. The molecule has 1 aliphatic carbocycles. The molecule has 10 rings (SSSR count). The van der Waals surface area contributed by atoms with Gasteiger partial charge in [-0.25, -0.2) is 15.0 Å². The summed E-state index contributed by atoms with van der Waals surface area (Å²) in [5, 5.41) is 46.3. The average molecular weight is 1000 g/mol. The number of thiazole rings is 3. The SMILES string of the molecule is Brc1cscn1.C.C.O=[N+]([O-])c1ccccc1-c1cscn1.O=[N+]([O-])c1ccccc1B(O)O.c1ccc(P(c2ccccc2)c2ccccc2)cc1.c1ccc2c(c1)Cc1scnc1-2. The van der Waals surface area contributed by atoms with Gasteiger partial charge in [-0.05, 0) is 51.4 Å². The Morgan fingerprint density at radius 3 is 1.51 bits per heavy atom. The monoisotopic (exact) mass is 1000 g/mol. The van der Waals surface area contributed by atoms with Crippen molar-refractivity contribution in [2.24, 2.45) is 0 Å². The van der Waals surface area contributed by atoms with Crippen LogP contribution in [0.5, 0.6) is 0 Å². The zero-order chi connectivity index (χ0) is 44.4. The third-order valence-electron chi connectivity index (χ3n) is 8.93. The number of nitrogens with zero attached hydrogens (tertiary/aromatic N) is 5. The number of nitro benzene ring substituents is 2. The number of fused-ring (bicyclic) bond motifs is 3. The molecule has 0 aliphatic heterocycles. The molecule has 0 saturated heterocycles. The number of nitro groups is 2. The second kappa shape index (κ2) is 26.6. The van der Waals surface area contributed by atoms with Gasteiger partial charge in [0.1, 0.15) is 4.60 Å². The summed E-state index contributed by atoms with van der Waals surface area (Å²) in [7, 11) is -2.25. The lowest BCUT2D eigenvalue weighted by Gasteiger charge is -2.18. The van der Waals surface area contributed by atoms with E-state index in [4.69, 9.17) is 10.0 Å². The number of benzene rings is 6. The Hall–Kier alpha value is -6.10. The molecular weight excluding hydrogens is 960 g/mol. The van der Waals surface area contributed by atoms with Gasteiger partial charge in [0.05, 0.1) is 48.8 Å². The van der Waals surface area contributed by atoms with Crippen LogP contribution in [0.1, 0.15) is 25.3 Å². The van der Waals surface area contributed by atoms with Crippen molar-refractivity contribution in [3.63, 3.8) is 0 Å². The average Bonchev–Trinajstić information content (AvgIpc) is 4.17. The van der Waals surface area contributed by atoms with Crippen LogP contribution in [0.2, 0.25) is 0 Å². The molecule has 9 aromatic rings. The molecule has 330 valence electrons. The number of hydrogen-bond acceptors (Lipinski definition) is 12. The second-order valence-corrected chi connectivity index (χ2v) is 18.4. The minimum atomic E-state index is -1.80.